The zero-order valence-electron chi connectivity index (χ0n) is 11.9. The van der Waals surface area contributed by atoms with Crippen LogP contribution >= 0.6 is 23.2 Å². The Kier molecular flexibility index (Phi) is 4.92. The fraction of sp³-hybridized carbons (Fsp3) is 0.235. The minimum Gasteiger partial charge on any atom is -0.460 e. The Bertz CT molecular complexity index is 636. The largest absolute Gasteiger partial charge is 0.460 e. The number of esters is 1. The number of hydrogen-bond acceptors (Lipinski definition) is 2. The number of carbonyl (C=O) groups excluding carboxylic acids is 1. The Morgan fingerprint density at radius 3 is 2.33 bits per heavy atom. The van der Waals surface area contributed by atoms with Crippen LogP contribution in [0.3, 0.4) is 0 Å². The molecule has 0 spiro atoms. The molecule has 110 valence electrons. The molecule has 0 amide bonds. The minimum absolute atomic E-state index is 0.254. The van der Waals surface area contributed by atoms with Gasteiger partial charge in [0, 0.05) is 0 Å². The van der Waals surface area contributed by atoms with Crippen molar-refractivity contribution in [3.63, 3.8) is 0 Å². The summed E-state index contributed by atoms with van der Waals surface area (Å²) in [5.74, 6) is -0.301. The average molecular weight is 323 g/mol. The van der Waals surface area contributed by atoms with Gasteiger partial charge in [-0.2, -0.15) is 0 Å². The molecule has 0 fully saturated rings. The van der Waals surface area contributed by atoms with E-state index < -0.39 is 5.41 Å². The Morgan fingerprint density at radius 2 is 1.71 bits per heavy atom. The van der Waals surface area contributed by atoms with E-state index in [1.54, 1.807) is 32.0 Å². The molecular weight excluding hydrogens is 307 g/mol. The van der Waals surface area contributed by atoms with E-state index in [0.29, 0.717) is 10.0 Å². The lowest BCUT2D eigenvalue weighted by Crippen LogP contribution is -2.31. The molecule has 0 heterocycles. The predicted octanol–water partition coefficient (Wildman–Crippen LogP) is 5.01. The second-order valence-electron chi connectivity index (χ2n) is 5.32. The lowest BCUT2D eigenvalue weighted by atomic mass is 9.85. The van der Waals surface area contributed by atoms with Gasteiger partial charge in [-0.15, -0.1) is 0 Å². The summed E-state index contributed by atoms with van der Waals surface area (Å²) in [4.78, 5) is 12.3. The molecule has 0 aliphatic carbocycles. The number of hydrogen-bond donors (Lipinski definition) is 0. The van der Waals surface area contributed by atoms with Gasteiger partial charge < -0.3 is 4.74 Å². The zero-order chi connectivity index (χ0) is 15.5. The molecule has 0 atom stereocenters. The van der Waals surface area contributed by atoms with Crippen molar-refractivity contribution in [2.24, 2.45) is 0 Å². The predicted molar refractivity (Wildman–Crippen MR) is 85.7 cm³/mol. The third-order valence-corrected chi connectivity index (χ3v) is 4.10. The number of ether oxygens (including phenoxy) is 1. The quantitative estimate of drug-likeness (QED) is 0.739. The van der Waals surface area contributed by atoms with Gasteiger partial charge in [-0.25, -0.2) is 0 Å². The lowest BCUT2D eigenvalue weighted by molar-refractivity contribution is -0.150. The highest BCUT2D eigenvalue weighted by molar-refractivity contribution is 6.42. The molecule has 2 rings (SSSR count). The standard InChI is InChI=1S/C17H16Cl2O2/c1-17(2,13-8-9-14(18)15(19)10-13)16(20)21-11-12-6-4-3-5-7-12/h3-10H,11H2,1-2H3. The van der Waals surface area contributed by atoms with Crippen molar-refractivity contribution < 1.29 is 9.53 Å². The van der Waals surface area contributed by atoms with E-state index in [9.17, 15) is 4.79 Å². The molecule has 0 unspecified atom stereocenters. The van der Waals surface area contributed by atoms with Crippen LogP contribution in [-0.2, 0) is 21.6 Å². The van der Waals surface area contributed by atoms with Gasteiger partial charge in [0.1, 0.15) is 6.61 Å². The Labute approximate surface area is 134 Å². The van der Waals surface area contributed by atoms with Crippen molar-refractivity contribution in [3.8, 4) is 0 Å². The van der Waals surface area contributed by atoms with Crippen molar-refractivity contribution in [2.45, 2.75) is 25.9 Å². The van der Waals surface area contributed by atoms with Gasteiger partial charge in [0.05, 0.1) is 15.5 Å². The van der Waals surface area contributed by atoms with Crippen molar-refractivity contribution in [2.75, 3.05) is 0 Å². The van der Waals surface area contributed by atoms with E-state index in [-0.39, 0.29) is 12.6 Å². The van der Waals surface area contributed by atoms with E-state index in [2.05, 4.69) is 0 Å². The number of benzene rings is 2. The molecule has 0 saturated carbocycles. The van der Waals surface area contributed by atoms with Crippen molar-refractivity contribution in [3.05, 3.63) is 69.7 Å². The average Bonchev–Trinajstić information content (AvgIpc) is 2.48. The summed E-state index contributed by atoms with van der Waals surface area (Å²) in [6, 6.07) is 14.8. The van der Waals surface area contributed by atoms with Gasteiger partial charge in [0.2, 0.25) is 0 Å². The highest BCUT2D eigenvalue weighted by Crippen LogP contribution is 2.31. The number of carbonyl (C=O) groups is 1. The molecule has 0 aliphatic rings. The first-order valence-electron chi connectivity index (χ1n) is 6.58. The molecule has 0 radical (unpaired) electrons. The molecule has 0 saturated heterocycles. The van der Waals surface area contributed by atoms with Gasteiger partial charge in [-0.05, 0) is 37.1 Å². The van der Waals surface area contributed by atoms with Gasteiger partial charge in [-0.1, -0.05) is 59.6 Å². The summed E-state index contributed by atoms with van der Waals surface area (Å²) in [6.07, 6.45) is 0. The minimum atomic E-state index is -0.789. The lowest BCUT2D eigenvalue weighted by Gasteiger charge is -2.23. The van der Waals surface area contributed by atoms with Crippen molar-refractivity contribution >= 4 is 29.2 Å². The van der Waals surface area contributed by atoms with Crippen LogP contribution in [0, 0.1) is 0 Å². The topological polar surface area (TPSA) is 26.3 Å². The van der Waals surface area contributed by atoms with Crippen LogP contribution in [-0.4, -0.2) is 5.97 Å². The molecule has 21 heavy (non-hydrogen) atoms. The van der Waals surface area contributed by atoms with Crippen LogP contribution in [0.25, 0.3) is 0 Å². The van der Waals surface area contributed by atoms with Gasteiger partial charge >= 0.3 is 5.97 Å². The monoisotopic (exact) mass is 322 g/mol. The molecular formula is C17H16Cl2O2. The van der Waals surface area contributed by atoms with Crippen LogP contribution in [0.15, 0.2) is 48.5 Å². The van der Waals surface area contributed by atoms with Crippen LogP contribution in [0.5, 0.6) is 0 Å². The van der Waals surface area contributed by atoms with E-state index in [4.69, 9.17) is 27.9 Å². The van der Waals surface area contributed by atoms with Crippen LogP contribution in [0.4, 0.5) is 0 Å². The van der Waals surface area contributed by atoms with Gasteiger partial charge in [-0.3, -0.25) is 4.79 Å². The SMILES string of the molecule is CC(C)(C(=O)OCc1ccccc1)c1ccc(Cl)c(Cl)c1. The summed E-state index contributed by atoms with van der Waals surface area (Å²) in [7, 11) is 0. The Morgan fingerprint density at radius 1 is 1.05 bits per heavy atom. The molecule has 2 nitrogen and oxygen atoms in total. The van der Waals surface area contributed by atoms with Crippen molar-refractivity contribution in [1.29, 1.82) is 0 Å². The number of halogens is 2. The maximum absolute atomic E-state index is 12.3. The maximum atomic E-state index is 12.3. The van der Waals surface area contributed by atoms with E-state index in [1.807, 2.05) is 30.3 Å². The van der Waals surface area contributed by atoms with Gasteiger partial charge in [0.25, 0.3) is 0 Å². The fourth-order valence-corrected chi connectivity index (χ4v) is 2.20. The Hall–Kier alpha value is -1.51. The highest BCUT2D eigenvalue weighted by atomic mass is 35.5. The first kappa shape index (κ1) is 15.9. The summed E-state index contributed by atoms with van der Waals surface area (Å²) < 4.78 is 5.40. The van der Waals surface area contributed by atoms with E-state index in [0.717, 1.165) is 11.1 Å². The van der Waals surface area contributed by atoms with Crippen LogP contribution < -0.4 is 0 Å². The molecule has 0 N–H and O–H groups in total. The summed E-state index contributed by atoms with van der Waals surface area (Å²) in [5, 5.41) is 0.895. The maximum Gasteiger partial charge on any atom is 0.316 e. The molecule has 0 aromatic heterocycles. The third-order valence-electron chi connectivity index (χ3n) is 3.36. The zero-order valence-corrected chi connectivity index (χ0v) is 13.4. The molecule has 0 bridgehead atoms. The molecule has 4 heteroatoms. The van der Waals surface area contributed by atoms with Crippen LogP contribution in [0.2, 0.25) is 10.0 Å². The first-order chi connectivity index (χ1) is 9.91. The highest BCUT2D eigenvalue weighted by Gasteiger charge is 2.32. The smallest absolute Gasteiger partial charge is 0.316 e. The second kappa shape index (κ2) is 6.50. The normalized spacial score (nSPS) is 11.2. The number of rotatable bonds is 4. The molecule has 0 aliphatic heterocycles. The molecule has 2 aromatic carbocycles. The summed E-state index contributed by atoms with van der Waals surface area (Å²) >= 11 is 11.9. The van der Waals surface area contributed by atoms with E-state index >= 15 is 0 Å². The Balaban J connectivity index is 2.11. The third kappa shape index (κ3) is 3.78. The van der Waals surface area contributed by atoms with E-state index in [1.165, 1.54) is 0 Å². The van der Waals surface area contributed by atoms with Crippen molar-refractivity contribution in [1.82, 2.24) is 0 Å². The summed E-state index contributed by atoms with van der Waals surface area (Å²) in [5.41, 5.74) is 0.939. The van der Waals surface area contributed by atoms with Crippen LogP contribution in [0.1, 0.15) is 25.0 Å². The fourth-order valence-electron chi connectivity index (χ4n) is 1.91. The molecule has 2 aromatic rings. The van der Waals surface area contributed by atoms with Gasteiger partial charge in [0.15, 0.2) is 0 Å². The summed E-state index contributed by atoms with van der Waals surface area (Å²) in [6.45, 7) is 3.87. The first-order valence-corrected chi connectivity index (χ1v) is 7.33. The second-order valence-corrected chi connectivity index (χ2v) is 6.13.